The number of halogens is 5. The van der Waals surface area contributed by atoms with E-state index in [9.17, 15) is 31.5 Å². The third kappa shape index (κ3) is 6.04. The summed E-state index contributed by atoms with van der Waals surface area (Å²) in [4.78, 5) is 13.5. The molecule has 0 atom stereocenters. The number of rotatable bonds is 7. The quantitative estimate of drug-likeness (QED) is 0.378. The number of likely N-dealkylation sites (tertiary alicyclic amines) is 1. The maximum atomic E-state index is 13.5. The lowest BCUT2D eigenvalue weighted by molar-refractivity contribution is -0.137. The zero-order valence-electron chi connectivity index (χ0n) is 19.3. The Balaban J connectivity index is 1.70. The Kier molecular flexibility index (Phi) is 7.49. The van der Waals surface area contributed by atoms with E-state index in [-0.39, 0.29) is 24.8 Å². The number of aromatic carboxylic acids is 1. The normalized spacial score (nSPS) is 15.0. The highest BCUT2D eigenvalue weighted by Gasteiger charge is 2.42. The molecular formula is C25H21Cl2F3N2O4S. The van der Waals surface area contributed by atoms with Crippen LogP contribution in [0.4, 0.5) is 18.9 Å². The van der Waals surface area contributed by atoms with Crippen molar-refractivity contribution in [1.82, 2.24) is 4.90 Å². The van der Waals surface area contributed by atoms with Gasteiger partial charge in [0.25, 0.3) is 0 Å². The summed E-state index contributed by atoms with van der Waals surface area (Å²) < 4.78 is 66.8. The van der Waals surface area contributed by atoms with Gasteiger partial charge in [-0.3, -0.25) is 9.21 Å². The molecule has 196 valence electrons. The number of hydrogen-bond donors (Lipinski definition) is 1. The predicted octanol–water partition coefficient (Wildman–Crippen LogP) is 5.95. The summed E-state index contributed by atoms with van der Waals surface area (Å²) >= 11 is 12.1. The molecule has 1 N–H and O–H groups in total. The van der Waals surface area contributed by atoms with Crippen molar-refractivity contribution < 1.29 is 31.5 Å². The van der Waals surface area contributed by atoms with Gasteiger partial charge in [0.05, 0.1) is 35.2 Å². The first-order chi connectivity index (χ1) is 17.2. The summed E-state index contributed by atoms with van der Waals surface area (Å²) in [5.74, 6) is -1.60. The molecule has 0 spiro atoms. The van der Waals surface area contributed by atoms with E-state index in [0.717, 1.165) is 27.8 Å². The highest BCUT2D eigenvalue weighted by atomic mass is 35.5. The number of benzene rings is 3. The van der Waals surface area contributed by atoms with Crippen LogP contribution in [0, 0.1) is 0 Å². The molecule has 0 amide bonds. The van der Waals surface area contributed by atoms with E-state index in [2.05, 4.69) is 0 Å². The Morgan fingerprint density at radius 2 is 1.46 bits per heavy atom. The summed E-state index contributed by atoms with van der Waals surface area (Å²) in [7, 11) is -4.06. The lowest BCUT2D eigenvalue weighted by Gasteiger charge is -2.49. The van der Waals surface area contributed by atoms with E-state index >= 15 is 0 Å². The van der Waals surface area contributed by atoms with Crippen molar-refractivity contribution in [3.63, 3.8) is 0 Å². The Hall–Kier alpha value is -2.79. The van der Waals surface area contributed by atoms with Gasteiger partial charge in [-0.2, -0.15) is 13.2 Å². The van der Waals surface area contributed by atoms with Crippen molar-refractivity contribution in [3.05, 3.63) is 99.0 Å². The SMILES string of the molecule is CS(=O)(=O)N(c1cc(C(=O)O)cc(C(F)(F)F)c1)C1CN(C(c2ccc(Cl)cc2)c2ccc(Cl)cc2)C1. The minimum absolute atomic E-state index is 0.182. The molecule has 1 heterocycles. The largest absolute Gasteiger partial charge is 0.478 e. The molecule has 3 aromatic carbocycles. The van der Waals surface area contributed by atoms with E-state index in [1.54, 1.807) is 24.3 Å². The first-order valence-corrected chi connectivity index (χ1v) is 13.5. The molecule has 1 aliphatic heterocycles. The van der Waals surface area contributed by atoms with Crippen molar-refractivity contribution >= 4 is 44.9 Å². The van der Waals surface area contributed by atoms with Crippen LogP contribution < -0.4 is 4.31 Å². The minimum Gasteiger partial charge on any atom is -0.478 e. The van der Waals surface area contributed by atoms with Crippen LogP contribution in [0.25, 0.3) is 0 Å². The van der Waals surface area contributed by atoms with Crippen molar-refractivity contribution in [3.8, 4) is 0 Å². The Morgan fingerprint density at radius 1 is 0.973 bits per heavy atom. The van der Waals surface area contributed by atoms with Crippen molar-refractivity contribution in [1.29, 1.82) is 0 Å². The van der Waals surface area contributed by atoms with Crippen LogP contribution >= 0.6 is 23.2 Å². The first kappa shape index (κ1) is 27.3. The van der Waals surface area contributed by atoms with Gasteiger partial charge in [0.1, 0.15) is 0 Å². The molecule has 0 aliphatic carbocycles. The zero-order valence-corrected chi connectivity index (χ0v) is 21.6. The topological polar surface area (TPSA) is 77.9 Å². The standard InChI is InChI=1S/C25H21Cl2F3N2O4S/c1-37(35,36)32(21-11-17(24(33)34)10-18(12-21)25(28,29)30)22-13-31(14-22)23(15-2-6-19(26)7-3-15)16-4-8-20(27)9-5-16/h2-12,22-23H,13-14H2,1H3,(H,33,34). The average Bonchev–Trinajstić information content (AvgIpc) is 2.78. The Labute approximate surface area is 221 Å². The molecule has 1 aliphatic rings. The molecular weight excluding hydrogens is 552 g/mol. The van der Waals surface area contributed by atoms with Gasteiger partial charge in [-0.15, -0.1) is 0 Å². The molecule has 3 aromatic rings. The van der Waals surface area contributed by atoms with E-state index in [1.165, 1.54) is 0 Å². The fraction of sp³-hybridized carbons (Fsp3) is 0.240. The van der Waals surface area contributed by atoms with Crippen molar-refractivity contribution in [2.45, 2.75) is 18.3 Å². The number of anilines is 1. The second-order valence-corrected chi connectivity index (χ2v) is 11.5. The van der Waals surface area contributed by atoms with Crippen LogP contribution in [0.3, 0.4) is 0 Å². The third-order valence-electron chi connectivity index (χ3n) is 6.06. The summed E-state index contributed by atoms with van der Waals surface area (Å²) in [6.07, 6.45) is -3.98. The zero-order chi connectivity index (χ0) is 27.1. The highest BCUT2D eigenvalue weighted by molar-refractivity contribution is 7.92. The number of alkyl halides is 3. The van der Waals surface area contributed by atoms with Gasteiger partial charge in [-0.25, -0.2) is 13.2 Å². The van der Waals surface area contributed by atoms with Crippen LogP contribution in [-0.2, 0) is 16.2 Å². The number of sulfonamides is 1. The van der Waals surface area contributed by atoms with Gasteiger partial charge in [0.15, 0.2) is 0 Å². The second kappa shape index (κ2) is 10.2. The van der Waals surface area contributed by atoms with E-state index in [0.29, 0.717) is 22.2 Å². The Morgan fingerprint density at radius 3 is 1.86 bits per heavy atom. The van der Waals surface area contributed by atoms with Gasteiger partial charge < -0.3 is 5.11 Å². The number of carboxylic acid groups (broad SMARTS) is 1. The molecule has 12 heteroatoms. The molecule has 37 heavy (non-hydrogen) atoms. The number of carbonyl (C=O) groups is 1. The van der Waals surface area contributed by atoms with Crippen LogP contribution in [0.5, 0.6) is 0 Å². The van der Waals surface area contributed by atoms with Gasteiger partial charge in [-0.1, -0.05) is 47.5 Å². The van der Waals surface area contributed by atoms with Crippen molar-refractivity contribution in [2.75, 3.05) is 23.7 Å². The lowest BCUT2D eigenvalue weighted by Crippen LogP contribution is -2.61. The van der Waals surface area contributed by atoms with Crippen LogP contribution in [-0.4, -0.2) is 49.8 Å². The molecule has 4 rings (SSSR count). The monoisotopic (exact) mass is 572 g/mol. The van der Waals surface area contributed by atoms with E-state index < -0.39 is 39.3 Å². The molecule has 0 unspecified atom stereocenters. The predicted molar refractivity (Wildman–Crippen MR) is 136 cm³/mol. The summed E-state index contributed by atoms with van der Waals surface area (Å²) in [5, 5.41) is 10.4. The molecule has 1 fully saturated rings. The second-order valence-electron chi connectivity index (χ2n) is 8.74. The van der Waals surface area contributed by atoms with Gasteiger partial charge in [-0.05, 0) is 53.6 Å². The molecule has 0 bridgehead atoms. The maximum Gasteiger partial charge on any atom is 0.416 e. The maximum absolute atomic E-state index is 13.5. The summed E-state index contributed by atoms with van der Waals surface area (Å²) in [6, 6.07) is 15.4. The molecule has 0 saturated carbocycles. The van der Waals surface area contributed by atoms with Gasteiger partial charge >= 0.3 is 12.1 Å². The van der Waals surface area contributed by atoms with E-state index in [4.69, 9.17) is 23.2 Å². The van der Waals surface area contributed by atoms with Gasteiger partial charge in [0, 0.05) is 23.1 Å². The number of hydrogen-bond acceptors (Lipinski definition) is 4. The highest BCUT2D eigenvalue weighted by Crippen LogP contribution is 2.39. The minimum atomic E-state index is -4.86. The molecule has 6 nitrogen and oxygen atoms in total. The van der Waals surface area contributed by atoms with Gasteiger partial charge in [0.2, 0.25) is 10.0 Å². The first-order valence-electron chi connectivity index (χ1n) is 10.9. The summed E-state index contributed by atoms with van der Waals surface area (Å²) in [6.45, 7) is 0.364. The van der Waals surface area contributed by atoms with Crippen LogP contribution in [0.2, 0.25) is 10.0 Å². The van der Waals surface area contributed by atoms with Crippen molar-refractivity contribution in [2.24, 2.45) is 0 Å². The fourth-order valence-corrected chi connectivity index (χ4v) is 5.87. The van der Waals surface area contributed by atoms with E-state index in [1.807, 2.05) is 29.2 Å². The number of carboxylic acids is 1. The Bertz CT molecular complexity index is 1360. The number of nitrogens with zero attached hydrogens (tertiary/aromatic N) is 2. The third-order valence-corrected chi connectivity index (χ3v) is 7.79. The summed E-state index contributed by atoms with van der Waals surface area (Å²) in [5.41, 5.74) is -0.497. The fourth-order valence-electron chi connectivity index (χ4n) is 4.45. The van der Waals surface area contributed by atoms with Crippen LogP contribution in [0.15, 0.2) is 66.7 Å². The smallest absolute Gasteiger partial charge is 0.416 e. The van der Waals surface area contributed by atoms with Crippen LogP contribution in [0.1, 0.15) is 33.1 Å². The molecule has 0 aromatic heterocycles. The average molecular weight is 573 g/mol. The molecule has 0 radical (unpaired) electrons. The lowest BCUT2D eigenvalue weighted by atomic mass is 9.93. The molecule has 1 saturated heterocycles.